The molecule has 0 spiro atoms. The van der Waals surface area contributed by atoms with E-state index in [1.54, 1.807) is 12.3 Å². The van der Waals surface area contributed by atoms with Gasteiger partial charge in [-0.1, -0.05) is 13.3 Å². The number of carbonyl (C=O) groups is 1. The lowest BCUT2D eigenvalue weighted by Crippen LogP contribution is -2.46. The number of carbonyl (C=O) groups excluding carboxylic acids is 1. The van der Waals surface area contributed by atoms with Crippen molar-refractivity contribution in [1.82, 2.24) is 10.3 Å². The highest BCUT2D eigenvalue weighted by Gasteiger charge is 2.26. The van der Waals surface area contributed by atoms with Crippen LogP contribution < -0.4 is 15.4 Å². The highest BCUT2D eigenvalue weighted by Crippen LogP contribution is 2.24. The number of nitrogens with zero attached hydrogens (tertiary/aromatic N) is 1. The molecule has 0 bridgehead atoms. The minimum absolute atomic E-state index is 0.00486. The molecule has 1 amide bonds. The molecule has 5 nitrogen and oxygen atoms in total. The van der Waals surface area contributed by atoms with Crippen LogP contribution in [0.2, 0.25) is 0 Å². The molecule has 1 aromatic rings. The molecule has 0 aromatic carbocycles. The molecule has 2 unspecified atom stereocenters. The van der Waals surface area contributed by atoms with Gasteiger partial charge >= 0.3 is 0 Å². The zero-order chi connectivity index (χ0) is 15.2. The number of hydrogen-bond donors (Lipinski definition) is 2. The second-order valence-corrected chi connectivity index (χ2v) is 5.82. The van der Waals surface area contributed by atoms with Gasteiger partial charge in [-0.15, -0.1) is 0 Å². The van der Waals surface area contributed by atoms with Gasteiger partial charge in [0.15, 0.2) is 0 Å². The fourth-order valence-corrected chi connectivity index (χ4v) is 2.59. The molecular formula is C16H25N3O2. The van der Waals surface area contributed by atoms with Crippen LogP contribution >= 0.6 is 0 Å². The lowest BCUT2D eigenvalue weighted by atomic mass is 9.90. The summed E-state index contributed by atoms with van der Waals surface area (Å²) in [6.07, 6.45) is 4.85. The summed E-state index contributed by atoms with van der Waals surface area (Å²) >= 11 is 0. The van der Waals surface area contributed by atoms with Crippen LogP contribution in [-0.2, 0) is 4.79 Å². The maximum Gasteiger partial charge on any atom is 0.241 e. The number of anilines is 1. The highest BCUT2D eigenvalue weighted by molar-refractivity contribution is 5.95. The van der Waals surface area contributed by atoms with Crippen molar-refractivity contribution in [3.05, 3.63) is 18.3 Å². The van der Waals surface area contributed by atoms with Crippen LogP contribution in [-0.4, -0.2) is 29.6 Å². The molecule has 1 saturated heterocycles. The van der Waals surface area contributed by atoms with E-state index < -0.39 is 0 Å². The standard InChI is InChI=1S/C16H25N3O2/c1-4-12-7-9-17-14(10-12)15(20)19-13-6-5-8-18-16(13)21-11(2)3/h5-6,8,11-12,14,17H,4,7,9-10H2,1-3H3,(H,19,20). The molecule has 2 N–H and O–H groups in total. The molecule has 1 aliphatic rings. The average Bonchev–Trinajstić information content (AvgIpc) is 2.48. The third-order valence-electron chi connectivity index (χ3n) is 3.78. The number of rotatable bonds is 5. The van der Waals surface area contributed by atoms with Crippen LogP contribution in [0, 0.1) is 5.92 Å². The van der Waals surface area contributed by atoms with E-state index in [-0.39, 0.29) is 18.1 Å². The predicted octanol–water partition coefficient (Wildman–Crippen LogP) is 2.59. The van der Waals surface area contributed by atoms with Gasteiger partial charge < -0.3 is 15.4 Å². The van der Waals surface area contributed by atoms with E-state index in [2.05, 4.69) is 22.5 Å². The summed E-state index contributed by atoms with van der Waals surface area (Å²) in [5.41, 5.74) is 0.636. The third kappa shape index (κ3) is 4.43. The minimum Gasteiger partial charge on any atom is -0.473 e. The Morgan fingerprint density at radius 2 is 2.38 bits per heavy atom. The van der Waals surface area contributed by atoms with E-state index in [0.717, 1.165) is 25.8 Å². The van der Waals surface area contributed by atoms with Gasteiger partial charge in [-0.2, -0.15) is 0 Å². The molecule has 1 aliphatic heterocycles. The molecule has 0 saturated carbocycles. The van der Waals surface area contributed by atoms with Crippen LogP contribution in [0.1, 0.15) is 40.0 Å². The fourth-order valence-electron chi connectivity index (χ4n) is 2.59. The average molecular weight is 291 g/mol. The Labute approximate surface area is 126 Å². The number of nitrogens with one attached hydrogen (secondary N) is 2. The van der Waals surface area contributed by atoms with Gasteiger partial charge in [0, 0.05) is 6.20 Å². The molecule has 0 radical (unpaired) electrons. The maximum atomic E-state index is 12.4. The van der Waals surface area contributed by atoms with Gasteiger partial charge in [0.1, 0.15) is 5.69 Å². The zero-order valence-corrected chi connectivity index (χ0v) is 13.1. The van der Waals surface area contributed by atoms with Crippen molar-refractivity contribution in [3.63, 3.8) is 0 Å². The van der Waals surface area contributed by atoms with E-state index in [0.29, 0.717) is 17.5 Å². The van der Waals surface area contributed by atoms with Gasteiger partial charge in [0.05, 0.1) is 12.1 Å². The Bertz CT molecular complexity index is 476. The summed E-state index contributed by atoms with van der Waals surface area (Å²) in [6.45, 7) is 6.96. The van der Waals surface area contributed by atoms with E-state index >= 15 is 0 Å². The summed E-state index contributed by atoms with van der Waals surface area (Å²) in [6, 6.07) is 3.49. The van der Waals surface area contributed by atoms with Crippen molar-refractivity contribution in [3.8, 4) is 5.88 Å². The molecule has 0 aliphatic carbocycles. The van der Waals surface area contributed by atoms with Crippen molar-refractivity contribution >= 4 is 11.6 Å². The monoisotopic (exact) mass is 291 g/mol. The predicted molar refractivity (Wildman–Crippen MR) is 83.4 cm³/mol. The van der Waals surface area contributed by atoms with Gasteiger partial charge in [-0.05, 0) is 51.3 Å². The topological polar surface area (TPSA) is 63.2 Å². The van der Waals surface area contributed by atoms with E-state index in [1.165, 1.54) is 0 Å². The molecule has 2 rings (SSSR count). The smallest absolute Gasteiger partial charge is 0.241 e. The zero-order valence-electron chi connectivity index (χ0n) is 13.1. The second kappa shape index (κ2) is 7.41. The number of amides is 1. The van der Waals surface area contributed by atoms with E-state index in [4.69, 9.17) is 4.74 Å². The molecule has 2 atom stereocenters. The summed E-state index contributed by atoms with van der Waals surface area (Å²) in [4.78, 5) is 16.6. The second-order valence-electron chi connectivity index (χ2n) is 5.82. The summed E-state index contributed by atoms with van der Waals surface area (Å²) in [5, 5.41) is 6.23. The number of hydrogen-bond acceptors (Lipinski definition) is 4. The first-order valence-electron chi connectivity index (χ1n) is 7.76. The molecule has 1 aromatic heterocycles. The van der Waals surface area contributed by atoms with Crippen LogP contribution in [0.4, 0.5) is 5.69 Å². The number of ether oxygens (including phenoxy) is 1. The Morgan fingerprint density at radius 1 is 1.57 bits per heavy atom. The molecule has 5 heteroatoms. The minimum atomic E-state index is -0.129. The van der Waals surface area contributed by atoms with Crippen molar-refractivity contribution in [2.45, 2.75) is 52.2 Å². The number of pyridine rings is 1. The maximum absolute atomic E-state index is 12.4. The van der Waals surface area contributed by atoms with Crippen molar-refractivity contribution in [1.29, 1.82) is 0 Å². The number of aromatic nitrogens is 1. The van der Waals surface area contributed by atoms with Crippen molar-refractivity contribution in [2.24, 2.45) is 5.92 Å². The van der Waals surface area contributed by atoms with Crippen LogP contribution in [0.5, 0.6) is 5.88 Å². The SMILES string of the molecule is CCC1CCNC(C(=O)Nc2cccnc2OC(C)C)C1. The third-order valence-corrected chi connectivity index (χ3v) is 3.78. The van der Waals surface area contributed by atoms with Crippen LogP contribution in [0.3, 0.4) is 0 Å². The summed E-state index contributed by atoms with van der Waals surface area (Å²) in [7, 11) is 0. The van der Waals surface area contributed by atoms with Gasteiger partial charge in [0.25, 0.3) is 0 Å². The lowest BCUT2D eigenvalue weighted by molar-refractivity contribution is -0.119. The first-order chi connectivity index (χ1) is 10.1. The quantitative estimate of drug-likeness (QED) is 0.875. The first-order valence-corrected chi connectivity index (χ1v) is 7.76. The molecular weight excluding hydrogens is 266 g/mol. The van der Waals surface area contributed by atoms with Gasteiger partial charge in [-0.25, -0.2) is 4.98 Å². The molecule has 2 heterocycles. The van der Waals surface area contributed by atoms with Gasteiger partial charge in [-0.3, -0.25) is 4.79 Å². The number of piperidine rings is 1. The normalized spacial score (nSPS) is 22.1. The molecule has 21 heavy (non-hydrogen) atoms. The van der Waals surface area contributed by atoms with Crippen molar-refractivity contribution in [2.75, 3.05) is 11.9 Å². The van der Waals surface area contributed by atoms with Crippen molar-refractivity contribution < 1.29 is 9.53 Å². The Kier molecular flexibility index (Phi) is 5.56. The largest absolute Gasteiger partial charge is 0.473 e. The van der Waals surface area contributed by atoms with E-state index in [9.17, 15) is 4.79 Å². The molecule has 116 valence electrons. The first kappa shape index (κ1) is 15.8. The highest BCUT2D eigenvalue weighted by atomic mass is 16.5. The molecule has 1 fully saturated rings. The summed E-state index contributed by atoms with van der Waals surface area (Å²) in [5.74, 6) is 1.10. The Hall–Kier alpha value is -1.62. The van der Waals surface area contributed by atoms with Gasteiger partial charge in [0.2, 0.25) is 11.8 Å². The Morgan fingerprint density at radius 3 is 3.10 bits per heavy atom. The van der Waals surface area contributed by atoms with Crippen LogP contribution in [0.25, 0.3) is 0 Å². The summed E-state index contributed by atoms with van der Waals surface area (Å²) < 4.78 is 5.63. The Balaban J connectivity index is 2.02. The fraction of sp³-hybridized carbons (Fsp3) is 0.625. The van der Waals surface area contributed by atoms with Crippen LogP contribution in [0.15, 0.2) is 18.3 Å². The lowest BCUT2D eigenvalue weighted by Gasteiger charge is -2.29. The van der Waals surface area contributed by atoms with E-state index in [1.807, 2.05) is 19.9 Å².